The summed E-state index contributed by atoms with van der Waals surface area (Å²) < 4.78 is 0. The first-order valence-electron chi connectivity index (χ1n) is 5.09. The zero-order chi connectivity index (χ0) is 12.4. The molecule has 0 aliphatic heterocycles. The highest BCUT2D eigenvalue weighted by Gasteiger charge is 2.16. The van der Waals surface area contributed by atoms with Crippen molar-refractivity contribution >= 4 is 22.9 Å². The van der Waals surface area contributed by atoms with E-state index >= 15 is 0 Å². The molecule has 17 heavy (non-hydrogen) atoms. The first-order chi connectivity index (χ1) is 8.08. The predicted octanol–water partition coefficient (Wildman–Crippen LogP) is 1.25. The number of nitrogens with two attached hydrogens (primary N) is 1. The van der Waals surface area contributed by atoms with E-state index in [9.17, 15) is 4.79 Å². The molecule has 0 aliphatic carbocycles. The van der Waals surface area contributed by atoms with Crippen LogP contribution in [0.15, 0.2) is 11.6 Å². The Kier molecular flexibility index (Phi) is 3.10. The smallest absolute Gasteiger partial charge is 0.271 e. The van der Waals surface area contributed by atoms with Gasteiger partial charge in [0.1, 0.15) is 10.7 Å². The van der Waals surface area contributed by atoms with Crippen LogP contribution in [0.4, 0.5) is 5.69 Å². The van der Waals surface area contributed by atoms with Gasteiger partial charge in [-0.05, 0) is 13.8 Å². The summed E-state index contributed by atoms with van der Waals surface area (Å²) in [5.74, 6) is -0.277. The number of nitrogens with zero attached hydrogens (tertiary/aromatic N) is 2. The van der Waals surface area contributed by atoms with Gasteiger partial charge in [0, 0.05) is 11.1 Å². The number of nitrogens with one attached hydrogen (secondary N) is 2. The number of anilines is 1. The van der Waals surface area contributed by atoms with Crippen molar-refractivity contribution in [3.05, 3.63) is 28.0 Å². The molecule has 0 bridgehead atoms. The van der Waals surface area contributed by atoms with Crippen molar-refractivity contribution in [2.75, 3.05) is 5.73 Å². The Morgan fingerprint density at radius 2 is 2.41 bits per heavy atom. The summed E-state index contributed by atoms with van der Waals surface area (Å²) in [6.07, 6.45) is 1.41. The molecule has 2 heterocycles. The van der Waals surface area contributed by atoms with E-state index in [2.05, 4.69) is 20.5 Å². The summed E-state index contributed by atoms with van der Waals surface area (Å²) >= 11 is 1.52. The van der Waals surface area contributed by atoms with E-state index in [0.29, 0.717) is 5.69 Å². The molecule has 2 aromatic rings. The number of carbonyl (C=O) groups excluding carboxylic acids is 1. The van der Waals surface area contributed by atoms with Crippen LogP contribution in [0.1, 0.15) is 34.2 Å². The molecule has 0 saturated heterocycles. The van der Waals surface area contributed by atoms with Crippen molar-refractivity contribution in [1.82, 2.24) is 20.5 Å². The topological polar surface area (TPSA) is 96.7 Å². The lowest BCUT2D eigenvalue weighted by Crippen LogP contribution is -2.27. The van der Waals surface area contributed by atoms with Gasteiger partial charge in [-0.25, -0.2) is 4.98 Å². The van der Waals surface area contributed by atoms with Crippen LogP contribution >= 0.6 is 11.3 Å². The number of aryl methyl sites for hydroxylation is 1. The maximum atomic E-state index is 11.8. The quantitative estimate of drug-likeness (QED) is 0.764. The minimum Gasteiger partial charge on any atom is -0.396 e. The van der Waals surface area contributed by atoms with E-state index in [1.54, 1.807) is 0 Å². The molecule has 7 heteroatoms. The van der Waals surface area contributed by atoms with Gasteiger partial charge in [0.05, 0.1) is 17.9 Å². The van der Waals surface area contributed by atoms with Crippen LogP contribution in [0.3, 0.4) is 0 Å². The molecule has 0 aliphatic rings. The van der Waals surface area contributed by atoms with E-state index < -0.39 is 0 Å². The van der Waals surface area contributed by atoms with E-state index in [1.165, 1.54) is 17.5 Å². The molecule has 4 N–H and O–H groups in total. The molecule has 0 spiro atoms. The number of nitrogen functional groups attached to an aromatic ring is 1. The van der Waals surface area contributed by atoms with Crippen LogP contribution in [-0.2, 0) is 0 Å². The van der Waals surface area contributed by atoms with Crippen molar-refractivity contribution in [2.45, 2.75) is 19.9 Å². The number of rotatable bonds is 3. The molecule has 0 aromatic carbocycles. The molecule has 90 valence electrons. The molecule has 6 nitrogen and oxygen atoms in total. The van der Waals surface area contributed by atoms with Gasteiger partial charge in [0.2, 0.25) is 0 Å². The van der Waals surface area contributed by atoms with Crippen molar-refractivity contribution < 1.29 is 4.79 Å². The molecule has 1 amide bonds. The van der Waals surface area contributed by atoms with Gasteiger partial charge in [0.25, 0.3) is 5.91 Å². The second-order valence-electron chi connectivity index (χ2n) is 3.72. The number of thiazole rings is 1. The largest absolute Gasteiger partial charge is 0.396 e. The van der Waals surface area contributed by atoms with E-state index in [4.69, 9.17) is 5.73 Å². The highest BCUT2D eigenvalue weighted by Crippen LogP contribution is 2.18. The second kappa shape index (κ2) is 4.54. The van der Waals surface area contributed by atoms with Gasteiger partial charge in [-0.1, -0.05) is 0 Å². The van der Waals surface area contributed by atoms with Crippen LogP contribution in [0, 0.1) is 6.92 Å². The molecule has 1 atom stereocenters. The van der Waals surface area contributed by atoms with Crippen molar-refractivity contribution in [2.24, 2.45) is 0 Å². The monoisotopic (exact) mass is 251 g/mol. The van der Waals surface area contributed by atoms with Crippen LogP contribution in [-0.4, -0.2) is 21.1 Å². The summed E-state index contributed by atoms with van der Waals surface area (Å²) in [5, 5.41) is 11.9. The lowest BCUT2D eigenvalue weighted by molar-refractivity contribution is 0.0935. The van der Waals surface area contributed by atoms with Gasteiger partial charge in [0.15, 0.2) is 0 Å². The second-order valence-corrected chi connectivity index (χ2v) is 4.61. The Hall–Kier alpha value is -1.89. The summed E-state index contributed by atoms with van der Waals surface area (Å²) in [5.41, 5.74) is 7.16. The molecular formula is C10H13N5OS. The van der Waals surface area contributed by atoms with Crippen molar-refractivity contribution in [3.8, 4) is 0 Å². The standard InChI is InChI=1S/C10H13N5OS/c1-5-4-17-10(13-5)6(2)14-9(16)8-7(11)3-12-15-8/h3-4,6H,11H2,1-2H3,(H,12,15)(H,14,16). The van der Waals surface area contributed by atoms with Crippen molar-refractivity contribution in [1.29, 1.82) is 0 Å². The summed E-state index contributed by atoms with van der Waals surface area (Å²) in [7, 11) is 0. The Balaban J connectivity index is 2.07. The summed E-state index contributed by atoms with van der Waals surface area (Å²) in [6.45, 7) is 3.80. The van der Waals surface area contributed by atoms with Gasteiger partial charge in [-0.3, -0.25) is 9.89 Å². The average Bonchev–Trinajstić information content (AvgIpc) is 2.86. The highest BCUT2D eigenvalue weighted by atomic mass is 32.1. The highest BCUT2D eigenvalue weighted by molar-refractivity contribution is 7.09. The predicted molar refractivity (Wildman–Crippen MR) is 65.7 cm³/mol. The van der Waals surface area contributed by atoms with Crippen LogP contribution < -0.4 is 11.1 Å². The molecule has 2 rings (SSSR count). The van der Waals surface area contributed by atoms with Gasteiger partial charge >= 0.3 is 0 Å². The van der Waals surface area contributed by atoms with Gasteiger partial charge < -0.3 is 11.1 Å². The normalized spacial score (nSPS) is 12.4. The molecule has 0 saturated carbocycles. The third-order valence-corrected chi connectivity index (χ3v) is 3.40. The molecule has 0 fully saturated rings. The Morgan fingerprint density at radius 1 is 1.65 bits per heavy atom. The van der Waals surface area contributed by atoms with Gasteiger partial charge in [-0.2, -0.15) is 5.10 Å². The SMILES string of the molecule is Cc1csc(C(C)NC(=O)c2[nH]ncc2N)n1. The zero-order valence-corrected chi connectivity index (χ0v) is 10.3. The lowest BCUT2D eigenvalue weighted by Gasteiger charge is -2.10. The van der Waals surface area contributed by atoms with Crippen LogP contribution in [0.2, 0.25) is 0 Å². The van der Waals surface area contributed by atoms with Crippen LogP contribution in [0.25, 0.3) is 0 Å². The fourth-order valence-corrected chi connectivity index (χ4v) is 2.18. The number of hydrogen-bond donors (Lipinski definition) is 3. The minimum absolute atomic E-state index is 0.149. The van der Waals surface area contributed by atoms with E-state index in [-0.39, 0.29) is 17.6 Å². The maximum absolute atomic E-state index is 11.8. The molecular weight excluding hydrogens is 238 g/mol. The van der Waals surface area contributed by atoms with Crippen LogP contribution in [0.5, 0.6) is 0 Å². The average molecular weight is 251 g/mol. The van der Waals surface area contributed by atoms with Gasteiger partial charge in [-0.15, -0.1) is 11.3 Å². The number of aromatic amines is 1. The maximum Gasteiger partial charge on any atom is 0.271 e. The zero-order valence-electron chi connectivity index (χ0n) is 9.52. The molecule has 2 aromatic heterocycles. The third-order valence-electron chi connectivity index (χ3n) is 2.25. The first kappa shape index (κ1) is 11.6. The summed E-state index contributed by atoms with van der Waals surface area (Å²) in [6, 6.07) is -0.149. The van der Waals surface area contributed by atoms with E-state index in [1.807, 2.05) is 19.2 Å². The first-order valence-corrected chi connectivity index (χ1v) is 5.97. The Morgan fingerprint density at radius 3 is 2.94 bits per heavy atom. The fourth-order valence-electron chi connectivity index (χ4n) is 1.38. The Labute approximate surface area is 102 Å². The number of H-pyrrole nitrogens is 1. The number of carbonyl (C=O) groups is 1. The third kappa shape index (κ3) is 2.44. The minimum atomic E-state index is -0.277. The number of hydrogen-bond acceptors (Lipinski definition) is 5. The summed E-state index contributed by atoms with van der Waals surface area (Å²) in [4.78, 5) is 16.1. The van der Waals surface area contributed by atoms with E-state index in [0.717, 1.165) is 10.7 Å². The lowest BCUT2D eigenvalue weighted by atomic mass is 10.3. The number of aromatic nitrogens is 3. The Bertz CT molecular complexity index is 532. The number of amides is 1. The molecule has 1 unspecified atom stereocenters. The molecule has 0 radical (unpaired) electrons. The fraction of sp³-hybridized carbons (Fsp3) is 0.300. The van der Waals surface area contributed by atoms with Crippen molar-refractivity contribution in [3.63, 3.8) is 0 Å².